The number of halogens is 1. The van der Waals surface area contributed by atoms with Crippen molar-refractivity contribution in [3.8, 4) is 0 Å². The lowest BCUT2D eigenvalue weighted by molar-refractivity contribution is 0.626. The van der Waals surface area contributed by atoms with Gasteiger partial charge in [0.2, 0.25) is 0 Å². The molecule has 2 aromatic heterocycles. The van der Waals surface area contributed by atoms with Gasteiger partial charge in [-0.25, -0.2) is 14.2 Å². The Morgan fingerprint density at radius 1 is 1.37 bits per heavy atom. The Bertz CT molecular complexity index is 782. The van der Waals surface area contributed by atoms with Crippen molar-refractivity contribution in [3.05, 3.63) is 52.5 Å². The van der Waals surface area contributed by atoms with E-state index >= 15 is 0 Å². The van der Waals surface area contributed by atoms with Crippen LogP contribution in [-0.2, 0) is 5.75 Å². The van der Waals surface area contributed by atoms with Crippen molar-refractivity contribution in [2.45, 2.75) is 10.8 Å². The number of H-pyrrole nitrogens is 2. The van der Waals surface area contributed by atoms with Crippen LogP contribution in [0.15, 0.2) is 40.4 Å². The third-order valence-corrected chi connectivity index (χ3v) is 3.59. The van der Waals surface area contributed by atoms with E-state index in [0.717, 1.165) is 5.56 Å². The van der Waals surface area contributed by atoms with Crippen molar-refractivity contribution >= 4 is 22.9 Å². The van der Waals surface area contributed by atoms with Gasteiger partial charge >= 0.3 is 5.69 Å². The minimum absolute atomic E-state index is 0.274. The predicted molar refractivity (Wildman–Crippen MR) is 70.5 cm³/mol. The van der Waals surface area contributed by atoms with Crippen LogP contribution < -0.4 is 5.69 Å². The van der Waals surface area contributed by atoms with Crippen LogP contribution in [0, 0.1) is 5.82 Å². The highest BCUT2D eigenvalue weighted by molar-refractivity contribution is 7.98. The molecule has 0 bridgehead atoms. The van der Waals surface area contributed by atoms with Crippen LogP contribution in [0.2, 0.25) is 0 Å². The fourth-order valence-electron chi connectivity index (χ4n) is 1.71. The van der Waals surface area contributed by atoms with E-state index in [0.29, 0.717) is 21.9 Å². The zero-order valence-electron chi connectivity index (χ0n) is 9.68. The fourth-order valence-corrected chi connectivity index (χ4v) is 2.64. The summed E-state index contributed by atoms with van der Waals surface area (Å²) in [6.07, 6.45) is 1.49. The number of nitrogens with zero attached hydrogens (tertiary/aromatic N) is 2. The third-order valence-electron chi connectivity index (χ3n) is 2.55. The third kappa shape index (κ3) is 2.50. The van der Waals surface area contributed by atoms with Crippen molar-refractivity contribution in [2.24, 2.45) is 0 Å². The molecule has 2 N–H and O–H groups in total. The van der Waals surface area contributed by atoms with Gasteiger partial charge in [-0.15, -0.1) is 0 Å². The Labute approximate surface area is 111 Å². The number of rotatable bonds is 3. The van der Waals surface area contributed by atoms with Gasteiger partial charge in [-0.2, -0.15) is 4.98 Å². The highest BCUT2D eigenvalue weighted by Gasteiger charge is 2.08. The minimum atomic E-state index is -0.443. The second-order valence-electron chi connectivity index (χ2n) is 3.89. The Morgan fingerprint density at radius 3 is 3.11 bits per heavy atom. The van der Waals surface area contributed by atoms with Gasteiger partial charge in [-0.05, 0) is 17.7 Å². The van der Waals surface area contributed by atoms with E-state index in [1.807, 2.05) is 6.07 Å². The molecule has 1 aromatic carbocycles. The van der Waals surface area contributed by atoms with E-state index < -0.39 is 5.69 Å². The van der Waals surface area contributed by atoms with Crippen molar-refractivity contribution in [2.75, 3.05) is 0 Å². The first-order valence-corrected chi connectivity index (χ1v) is 6.51. The highest BCUT2D eigenvalue weighted by Crippen LogP contribution is 2.24. The summed E-state index contributed by atoms with van der Waals surface area (Å²) >= 11 is 1.36. The van der Waals surface area contributed by atoms with Crippen molar-refractivity contribution in [3.63, 3.8) is 0 Å². The van der Waals surface area contributed by atoms with Gasteiger partial charge in [-0.1, -0.05) is 23.9 Å². The first-order valence-electron chi connectivity index (χ1n) is 5.53. The fraction of sp³-hybridized carbons (Fsp3) is 0.0833. The van der Waals surface area contributed by atoms with E-state index in [4.69, 9.17) is 0 Å². The summed E-state index contributed by atoms with van der Waals surface area (Å²) in [5, 5.41) is 0.556. The van der Waals surface area contributed by atoms with E-state index in [-0.39, 0.29) is 5.82 Å². The lowest BCUT2D eigenvalue weighted by Gasteiger charge is -2.02. The van der Waals surface area contributed by atoms with E-state index in [1.54, 1.807) is 6.07 Å². The van der Waals surface area contributed by atoms with Gasteiger partial charge in [0.15, 0.2) is 5.65 Å². The number of fused-ring (bicyclic) bond motifs is 1. The van der Waals surface area contributed by atoms with Gasteiger partial charge < -0.3 is 4.98 Å². The Balaban J connectivity index is 1.89. The molecule has 0 amide bonds. The number of hydrogen-bond donors (Lipinski definition) is 2. The van der Waals surface area contributed by atoms with E-state index in [9.17, 15) is 9.18 Å². The second-order valence-corrected chi connectivity index (χ2v) is 4.86. The molecule has 0 spiro atoms. The molecule has 0 saturated carbocycles. The van der Waals surface area contributed by atoms with Crippen LogP contribution in [0.4, 0.5) is 4.39 Å². The lowest BCUT2D eigenvalue weighted by atomic mass is 10.2. The molecular weight excluding hydrogens is 267 g/mol. The molecule has 19 heavy (non-hydrogen) atoms. The van der Waals surface area contributed by atoms with Gasteiger partial charge in [0.1, 0.15) is 16.4 Å². The molecule has 0 atom stereocenters. The molecular formula is C12H9FN4OS. The summed E-state index contributed by atoms with van der Waals surface area (Å²) in [4.78, 5) is 24.7. The molecule has 2 heterocycles. The molecule has 0 radical (unpaired) electrons. The van der Waals surface area contributed by atoms with Crippen LogP contribution in [0.1, 0.15) is 5.56 Å². The van der Waals surface area contributed by atoms with Crippen LogP contribution >= 0.6 is 11.8 Å². The van der Waals surface area contributed by atoms with Gasteiger partial charge in [0.05, 0.1) is 6.33 Å². The normalized spacial score (nSPS) is 11.0. The van der Waals surface area contributed by atoms with E-state index in [1.165, 1.54) is 30.2 Å². The summed E-state index contributed by atoms with van der Waals surface area (Å²) in [6.45, 7) is 0. The van der Waals surface area contributed by atoms with Gasteiger partial charge in [0, 0.05) is 5.75 Å². The first-order chi connectivity index (χ1) is 9.22. The summed E-state index contributed by atoms with van der Waals surface area (Å²) in [6, 6.07) is 6.34. The molecule has 0 unspecified atom stereocenters. The zero-order valence-corrected chi connectivity index (χ0v) is 10.5. The van der Waals surface area contributed by atoms with Crippen molar-refractivity contribution < 1.29 is 4.39 Å². The smallest absolute Gasteiger partial charge is 0.341 e. The van der Waals surface area contributed by atoms with Gasteiger partial charge in [-0.3, -0.25) is 4.98 Å². The molecule has 0 aliphatic heterocycles. The molecule has 7 heteroatoms. The monoisotopic (exact) mass is 276 g/mol. The summed E-state index contributed by atoms with van der Waals surface area (Å²) < 4.78 is 13.1. The van der Waals surface area contributed by atoms with Crippen molar-refractivity contribution in [1.29, 1.82) is 0 Å². The number of thioether (sulfide) groups is 1. The number of imidazole rings is 1. The van der Waals surface area contributed by atoms with Crippen LogP contribution in [0.25, 0.3) is 11.2 Å². The maximum Gasteiger partial charge on any atom is 0.347 e. The first kappa shape index (κ1) is 11.9. The summed E-state index contributed by atoms with van der Waals surface area (Å²) in [7, 11) is 0. The summed E-state index contributed by atoms with van der Waals surface area (Å²) in [5.41, 5.74) is 1.55. The Kier molecular flexibility index (Phi) is 3.04. The molecule has 5 nitrogen and oxygen atoms in total. The Morgan fingerprint density at radius 2 is 2.26 bits per heavy atom. The number of aromatic amines is 2. The standard InChI is InChI=1S/C12H9FN4OS/c13-8-3-1-2-7(4-8)5-19-11-9-10(15-6-14-9)16-12(18)17-11/h1-4,6H,5H2,(H2,14,15,16,17,18). The maximum atomic E-state index is 13.1. The molecule has 0 aliphatic rings. The minimum Gasteiger partial charge on any atom is -0.341 e. The van der Waals surface area contributed by atoms with E-state index in [2.05, 4.69) is 19.9 Å². The van der Waals surface area contributed by atoms with Crippen LogP contribution in [0.5, 0.6) is 0 Å². The number of aromatic nitrogens is 4. The lowest BCUT2D eigenvalue weighted by Crippen LogP contribution is -2.10. The second kappa shape index (κ2) is 4.85. The average Bonchev–Trinajstić information content (AvgIpc) is 2.84. The molecule has 0 fully saturated rings. The number of benzene rings is 1. The predicted octanol–water partition coefficient (Wildman–Crippen LogP) is 2.08. The number of nitrogens with one attached hydrogen (secondary N) is 2. The largest absolute Gasteiger partial charge is 0.347 e. The molecule has 3 rings (SSSR count). The summed E-state index contributed by atoms with van der Waals surface area (Å²) in [5.74, 6) is 0.256. The molecule has 0 aliphatic carbocycles. The number of hydrogen-bond acceptors (Lipinski definition) is 4. The molecule has 96 valence electrons. The molecule has 3 aromatic rings. The highest BCUT2D eigenvalue weighted by atomic mass is 32.2. The van der Waals surface area contributed by atoms with Gasteiger partial charge in [0.25, 0.3) is 0 Å². The Hall–Kier alpha value is -2.15. The van der Waals surface area contributed by atoms with Crippen molar-refractivity contribution in [1.82, 2.24) is 19.9 Å². The molecule has 0 saturated heterocycles. The van der Waals surface area contributed by atoms with Crippen LogP contribution in [-0.4, -0.2) is 19.9 Å². The maximum absolute atomic E-state index is 13.1. The quantitative estimate of drug-likeness (QED) is 0.567. The zero-order chi connectivity index (χ0) is 13.2. The topological polar surface area (TPSA) is 74.4 Å². The van der Waals surface area contributed by atoms with Crippen LogP contribution in [0.3, 0.4) is 0 Å². The average molecular weight is 276 g/mol. The SMILES string of the molecule is O=c1nc(SCc2cccc(F)c2)c2[nH]cnc2[nH]1.